The zero-order valence-electron chi connectivity index (χ0n) is 11.5. The highest BCUT2D eigenvalue weighted by molar-refractivity contribution is 9.10. The summed E-state index contributed by atoms with van der Waals surface area (Å²) in [5.41, 5.74) is 2.01. The van der Waals surface area contributed by atoms with Crippen LogP contribution >= 0.6 is 15.9 Å². The van der Waals surface area contributed by atoms with Gasteiger partial charge in [0.05, 0.1) is 19.4 Å². The first-order chi connectivity index (χ1) is 8.45. The van der Waals surface area contributed by atoms with Crippen molar-refractivity contribution in [3.05, 3.63) is 22.2 Å². The van der Waals surface area contributed by atoms with Gasteiger partial charge in [-0.2, -0.15) is 0 Å². The molecule has 0 aliphatic heterocycles. The lowest BCUT2D eigenvalue weighted by molar-refractivity contribution is 0.149. The minimum Gasteiger partial charge on any atom is -0.495 e. The molecule has 0 amide bonds. The molecule has 0 saturated carbocycles. The normalized spacial score (nSPS) is 14.1. The molecule has 102 valence electrons. The van der Waals surface area contributed by atoms with Crippen LogP contribution in [0.15, 0.2) is 16.6 Å². The Balaban J connectivity index is 2.91. The Kier molecular flexibility index (Phi) is 5.47. The first-order valence-corrected chi connectivity index (χ1v) is 6.94. The van der Waals surface area contributed by atoms with Crippen LogP contribution in [0.25, 0.3) is 0 Å². The third kappa shape index (κ3) is 3.62. The van der Waals surface area contributed by atoms with Crippen molar-refractivity contribution in [1.29, 1.82) is 0 Å². The van der Waals surface area contributed by atoms with Crippen molar-refractivity contribution in [2.75, 3.05) is 25.6 Å². The number of methoxy groups -OCH3 is 1. The monoisotopic (exact) mass is 315 g/mol. The van der Waals surface area contributed by atoms with E-state index in [1.807, 2.05) is 19.1 Å². The highest BCUT2D eigenvalue weighted by Crippen LogP contribution is 2.33. The number of halogens is 1. The van der Waals surface area contributed by atoms with Crippen molar-refractivity contribution in [3.63, 3.8) is 0 Å². The molecule has 0 radical (unpaired) electrons. The highest BCUT2D eigenvalue weighted by Gasteiger charge is 2.21. The first kappa shape index (κ1) is 15.3. The van der Waals surface area contributed by atoms with E-state index in [-0.39, 0.29) is 12.0 Å². The lowest BCUT2D eigenvalue weighted by atomic mass is 9.88. The molecule has 4 heteroatoms. The van der Waals surface area contributed by atoms with Gasteiger partial charge in [-0.3, -0.25) is 0 Å². The van der Waals surface area contributed by atoms with Crippen molar-refractivity contribution < 1.29 is 9.84 Å². The molecule has 18 heavy (non-hydrogen) atoms. The Bertz CT molecular complexity index is 403. The molecule has 0 spiro atoms. The Morgan fingerprint density at radius 1 is 1.44 bits per heavy atom. The summed E-state index contributed by atoms with van der Waals surface area (Å²) in [7, 11) is 1.66. The maximum Gasteiger partial charge on any atom is 0.143 e. The summed E-state index contributed by atoms with van der Waals surface area (Å²) in [6, 6.07) is 3.99. The van der Waals surface area contributed by atoms with Crippen LogP contribution in [0.1, 0.15) is 25.8 Å². The second-order valence-electron chi connectivity index (χ2n) is 4.98. The van der Waals surface area contributed by atoms with Crippen molar-refractivity contribution >= 4 is 21.6 Å². The van der Waals surface area contributed by atoms with Crippen LogP contribution in [0.5, 0.6) is 5.75 Å². The van der Waals surface area contributed by atoms with E-state index in [1.54, 1.807) is 7.11 Å². The van der Waals surface area contributed by atoms with Crippen LogP contribution in [-0.4, -0.2) is 25.4 Å². The second kappa shape index (κ2) is 6.43. The number of aryl methyl sites for hydroxylation is 1. The third-order valence-electron chi connectivity index (χ3n) is 3.41. The summed E-state index contributed by atoms with van der Waals surface area (Å²) < 4.78 is 6.39. The molecule has 0 aliphatic carbocycles. The summed E-state index contributed by atoms with van der Waals surface area (Å²) >= 11 is 3.46. The van der Waals surface area contributed by atoms with Crippen molar-refractivity contribution in [3.8, 4) is 5.75 Å². The predicted octanol–water partition coefficient (Wildman–Crippen LogP) is 3.59. The molecule has 0 aromatic heterocycles. The second-order valence-corrected chi connectivity index (χ2v) is 5.89. The third-order valence-corrected chi connectivity index (χ3v) is 3.87. The topological polar surface area (TPSA) is 41.5 Å². The molecule has 0 bridgehead atoms. The Morgan fingerprint density at radius 2 is 2.11 bits per heavy atom. The van der Waals surface area contributed by atoms with E-state index < -0.39 is 0 Å². The lowest BCUT2D eigenvalue weighted by Gasteiger charge is -2.27. The van der Waals surface area contributed by atoms with E-state index in [0.717, 1.165) is 34.4 Å². The van der Waals surface area contributed by atoms with E-state index >= 15 is 0 Å². The van der Waals surface area contributed by atoms with Gasteiger partial charge >= 0.3 is 0 Å². The molecule has 1 atom stereocenters. The zero-order valence-corrected chi connectivity index (χ0v) is 13.1. The Hall–Kier alpha value is -0.740. The standard InChI is InChI=1S/C14H22BrNO2/c1-5-14(3,9-17)8-16-13-10(2)6-11(15)7-12(13)18-4/h6-7,16-17H,5,8-9H2,1-4H3. The largest absolute Gasteiger partial charge is 0.495 e. The SMILES string of the molecule is CCC(C)(CO)CNc1c(C)cc(Br)cc1OC. The van der Waals surface area contributed by atoms with Gasteiger partial charge in [-0.15, -0.1) is 0 Å². The minimum absolute atomic E-state index is 0.107. The van der Waals surface area contributed by atoms with E-state index in [2.05, 4.69) is 35.1 Å². The molecule has 3 nitrogen and oxygen atoms in total. The number of aliphatic hydroxyl groups excluding tert-OH is 1. The number of aliphatic hydroxyl groups is 1. The zero-order chi connectivity index (χ0) is 13.8. The van der Waals surface area contributed by atoms with Gasteiger partial charge in [0, 0.05) is 16.4 Å². The summed E-state index contributed by atoms with van der Waals surface area (Å²) in [6.07, 6.45) is 0.925. The van der Waals surface area contributed by atoms with Gasteiger partial charge in [-0.1, -0.05) is 29.8 Å². The van der Waals surface area contributed by atoms with Gasteiger partial charge in [0.25, 0.3) is 0 Å². The van der Waals surface area contributed by atoms with Crippen molar-refractivity contribution in [1.82, 2.24) is 0 Å². The highest BCUT2D eigenvalue weighted by atomic mass is 79.9. The molecular formula is C14H22BrNO2. The van der Waals surface area contributed by atoms with Gasteiger partial charge in [0.15, 0.2) is 0 Å². The Labute approximate surface area is 118 Å². The maximum absolute atomic E-state index is 9.42. The van der Waals surface area contributed by atoms with Gasteiger partial charge in [-0.05, 0) is 31.0 Å². The number of anilines is 1. The summed E-state index contributed by atoms with van der Waals surface area (Å²) in [5, 5.41) is 12.8. The maximum atomic E-state index is 9.42. The van der Waals surface area contributed by atoms with E-state index in [0.29, 0.717) is 0 Å². The molecule has 0 saturated heterocycles. The van der Waals surface area contributed by atoms with Crippen molar-refractivity contribution in [2.45, 2.75) is 27.2 Å². The first-order valence-electron chi connectivity index (χ1n) is 6.14. The molecule has 0 heterocycles. The molecule has 0 aliphatic rings. The predicted molar refractivity (Wildman–Crippen MR) is 79.4 cm³/mol. The molecule has 1 aromatic carbocycles. The van der Waals surface area contributed by atoms with Crippen LogP contribution < -0.4 is 10.1 Å². The van der Waals surface area contributed by atoms with Crippen LogP contribution in [0.3, 0.4) is 0 Å². The van der Waals surface area contributed by atoms with Gasteiger partial charge < -0.3 is 15.2 Å². The quantitative estimate of drug-likeness (QED) is 0.843. The van der Waals surface area contributed by atoms with Crippen LogP contribution in [0.4, 0.5) is 5.69 Å². The van der Waals surface area contributed by atoms with Crippen LogP contribution in [0, 0.1) is 12.3 Å². The van der Waals surface area contributed by atoms with E-state index in [4.69, 9.17) is 4.74 Å². The van der Waals surface area contributed by atoms with E-state index in [1.165, 1.54) is 0 Å². The van der Waals surface area contributed by atoms with Crippen molar-refractivity contribution in [2.24, 2.45) is 5.41 Å². The fraction of sp³-hybridized carbons (Fsp3) is 0.571. The lowest BCUT2D eigenvalue weighted by Crippen LogP contribution is -2.29. The summed E-state index contributed by atoms with van der Waals surface area (Å²) in [4.78, 5) is 0. The minimum atomic E-state index is -0.107. The van der Waals surface area contributed by atoms with Gasteiger partial charge in [0.2, 0.25) is 0 Å². The molecule has 1 aromatic rings. The average Bonchev–Trinajstić information content (AvgIpc) is 2.36. The van der Waals surface area contributed by atoms with E-state index in [9.17, 15) is 5.11 Å². The number of ether oxygens (including phenoxy) is 1. The molecule has 2 N–H and O–H groups in total. The Morgan fingerprint density at radius 3 is 2.61 bits per heavy atom. The van der Waals surface area contributed by atoms with Crippen LogP contribution in [-0.2, 0) is 0 Å². The summed E-state index contributed by atoms with van der Waals surface area (Å²) in [6.45, 7) is 7.09. The van der Waals surface area contributed by atoms with Gasteiger partial charge in [0.1, 0.15) is 5.75 Å². The molecule has 0 fully saturated rings. The number of nitrogens with one attached hydrogen (secondary N) is 1. The average molecular weight is 316 g/mol. The van der Waals surface area contributed by atoms with Gasteiger partial charge in [-0.25, -0.2) is 0 Å². The number of hydrogen-bond acceptors (Lipinski definition) is 3. The fourth-order valence-electron chi connectivity index (χ4n) is 1.69. The smallest absolute Gasteiger partial charge is 0.143 e. The van der Waals surface area contributed by atoms with Crippen LogP contribution in [0.2, 0.25) is 0 Å². The summed E-state index contributed by atoms with van der Waals surface area (Å²) in [5.74, 6) is 0.818. The fourth-order valence-corrected chi connectivity index (χ4v) is 2.25. The number of hydrogen-bond donors (Lipinski definition) is 2. The molecule has 1 unspecified atom stereocenters. The number of rotatable bonds is 6. The number of benzene rings is 1. The molecular weight excluding hydrogens is 294 g/mol. The molecule has 1 rings (SSSR count).